The number of carbonyl (C=O) groups is 1. The largest absolute Gasteiger partial charge is 0.399 e. The van der Waals surface area contributed by atoms with E-state index in [0.29, 0.717) is 6.54 Å². The van der Waals surface area contributed by atoms with E-state index < -0.39 is 0 Å². The highest BCUT2D eigenvalue weighted by Crippen LogP contribution is 2.07. The van der Waals surface area contributed by atoms with Gasteiger partial charge in [-0.15, -0.1) is 12.4 Å². The third kappa shape index (κ3) is 4.28. The molecule has 0 aliphatic heterocycles. The van der Waals surface area contributed by atoms with Crippen molar-refractivity contribution in [3.63, 3.8) is 0 Å². The maximum absolute atomic E-state index is 12.0. The van der Waals surface area contributed by atoms with Gasteiger partial charge in [0.2, 0.25) is 0 Å². The number of carbonyl (C=O) groups excluding carboxylic acids is 1. The lowest BCUT2D eigenvalue weighted by Crippen LogP contribution is -2.26. The van der Waals surface area contributed by atoms with Gasteiger partial charge in [0.05, 0.1) is 0 Å². The van der Waals surface area contributed by atoms with E-state index in [1.807, 2.05) is 55.5 Å². The van der Waals surface area contributed by atoms with E-state index in [-0.39, 0.29) is 18.3 Å². The van der Waals surface area contributed by atoms with Crippen LogP contribution in [0.1, 0.15) is 21.5 Å². The van der Waals surface area contributed by atoms with Gasteiger partial charge < -0.3 is 11.1 Å². The van der Waals surface area contributed by atoms with Crippen molar-refractivity contribution in [2.24, 2.45) is 0 Å². The Hall–Kier alpha value is -2.00. The van der Waals surface area contributed by atoms with E-state index in [4.69, 9.17) is 5.73 Å². The molecule has 2 aromatic carbocycles. The van der Waals surface area contributed by atoms with Crippen LogP contribution < -0.4 is 11.1 Å². The van der Waals surface area contributed by atoms with Crippen LogP contribution in [0.3, 0.4) is 0 Å². The summed E-state index contributed by atoms with van der Waals surface area (Å²) in [7, 11) is 0. The molecule has 0 saturated heterocycles. The van der Waals surface area contributed by atoms with Crippen LogP contribution in [0.25, 0.3) is 0 Å². The molecule has 4 heteroatoms. The first-order valence-electron chi connectivity index (χ1n) is 6.35. The van der Waals surface area contributed by atoms with Crippen LogP contribution in [0.15, 0.2) is 48.5 Å². The van der Waals surface area contributed by atoms with Crippen LogP contribution in [-0.2, 0) is 6.42 Å². The number of nitrogens with one attached hydrogen (secondary N) is 1. The molecule has 0 radical (unpaired) electrons. The summed E-state index contributed by atoms with van der Waals surface area (Å²) in [5, 5.41) is 2.93. The molecule has 106 valence electrons. The average Bonchev–Trinajstić information content (AvgIpc) is 2.41. The van der Waals surface area contributed by atoms with Gasteiger partial charge in [-0.25, -0.2) is 0 Å². The fraction of sp³-hybridized carbons (Fsp3) is 0.188. The lowest BCUT2D eigenvalue weighted by molar-refractivity contribution is 0.0953. The fourth-order valence-electron chi connectivity index (χ4n) is 1.93. The second-order valence-electron chi connectivity index (χ2n) is 4.56. The van der Waals surface area contributed by atoms with Crippen LogP contribution >= 0.6 is 12.4 Å². The Bertz CT molecular complexity index is 567. The topological polar surface area (TPSA) is 55.1 Å². The van der Waals surface area contributed by atoms with Crippen molar-refractivity contribution in [3.05, 3.63) is 65.2 Å². The molecule has 2 aromatic rings. The number of nitrogens with two attached hydrogens (primary N) is 1. The molecule has 0 spiro atoms. The Labute approximate surface area is 125 Å². The van der Waals surface area contributed by atoms with E-state index in [2.05, 4.69) is 5.32 Å². The quantitative estimate of drug-likeness (QED) is 0.851. The molecule has 0 unspecified atom stereocenters. The Morgan fingerprint density at radius 3 is 2.40 bits per heavy atom. The summed E-state index contributed by atoms with van der Waals surface area (Å²) in [5.74, 6) is -0.0199. The molecule has 0 fully saturated rings. The second-order valence-corrected chi connectivity index (χ2v) is 4.56. The molecule has 0 saturated carbocycles. The first-order valence-corrected chi connectivity index (χ1v) is 6.35. The van der Waals surface area contributed by atoms with Crippen molar-refractivity contribution in [3.8, 4) is 0 Å². The van der Waals surface area contributed by atoms with Crippen molar-refractivity contribution < 1.29 is 4.79 Å². The standard InChI is InChI=1S/C16H18N2O.ClH/c1-12-4-2-3-5-15(12)16(19)18-11-10-13-6-8-14(17)9-7-13;/h2-9H,10-11,17H2,1H3,(H,18,19);1H. The Morgan fingerprint density at radius 1 is 1.10 bits per heavy atom. The van der Waals surface area contributed by atoms with Gasteiger partial charge in [-0.05, 0) is 42.7 Å². The SMILES string of the molecule is Cc1ccccc1C(=O)NCCc1ccc(N)cc1.Cl. The number of rotatable bonds is 4. The zero-order chi connectivity index (χ0) is 13.7. The van der Waals surface area contributed by atoms with Gasteiger partial charge in [-0.3, -0.25) is 4.79 Å². The molecule has 0 aliphatic carbocycles. The van der Waals surface area contributed by atoms with E-state index in [1.165, 1.54) is 5.56 Å². The van der Waals surface area contributed by atoms with E-state index >= 15 is 0 Å². The molecule has 1 amide bonds. The number of hydrogen-bond donors (Lipinski definition) is 2. The molecular weight excluding hydrogens is 272 g/mol. The van der Waals surface area contributed by atoms with Gasteiger partial charge in [-0.2, -0.15) is 0 Å². The van der Waals surface area contributed by atoms with Gasteiger partial charge in [0, 0.05) is 17.8 Å². The first-order chi connectivity index (χ1) is 9.16. The Morgan fingerprint density at radius 2 is 1.75 bits per heavy atom. The summed E-state index contributed by atoms with van der Waals surface area (Å²) in [6, 6.07) is 15.3. The van der Waals surface area contributed by atoms with Crippen molar-refractivity contribution >= 4 is 24.0 Å². The molecule has 0 aliphatic rings. The summed E-state index contributed by atoms with van der Waals surface area (Å²) >= 11 is 0. The lowest BCUT2D eigenvalue weighted by Gasteiger charge is -2.07. The van der Waals surface area contributed by atoms with Crippen molar-refractivity contribution in [2.75, 3.05) is 12.3 Å². The molecule has 0 atom stereocenters. The molecule has 3 N–H and O–H groups in total. The Balaban J connectivity index is 0.00000200. The molecule has 0 bridgehead atoms. The summed E-state index contributed by atoms with van der Waals surface area (Å²) < 4.78 is 0. The summed E-state index contributed by atoms with van der Waals surface area (Å²) in [5.41, 5.74) is 9.28. The maximum atomic E-state index is 12.0. The lowest BCUT2D eigenvalue weighted by atomic mass is 10.1. The van der Waals surface area contributed by atoms with E-state index in [0.717, 1.165) is 23.2 Å². The number of benzene rings is 2. The minimum Gasteiger partial charge on any atom is -0.399 e. The maximum Gasteiger partial charge on any atom is 0.251 e. The minimum atomic E-state index is -0.0199. The highest BCUT2D eigenvalue weighted by atomic mass is 35.5. The van der Waals surface area contributed by atoms with Gasteiger partial charge in [-0.1, -0.05) is 30.3 Å². The number of aryl methyl sites for hydroxylation is 1. The molecule has 0 aromatic heterocycles. The molecule has 3 nitrogen and oxygen atoms in total. The number of nitrogen functional groups attached to an aromatic ring is 1. The average molecular weight is 291 g/mol. The van der Waals surface area contributed by atoms with Crippen LogP contribution in [0.4, 0.5) is 5.69 Å². The fourth-order valence-corrected chi connectivity index (χ4v) is 1.93. The van der Waals surface area contributed by atoms with E-state index in [1.54, 1.807) is 0 Å². The molecule has 2 rings (SSSR count). The highest BCUT2D eigenvalue weighted by molar-refractivity contribution is 5.95. The normalized spacial score (nSPS) is 9.65. The van der Waals surface area contributed by atoms with Gasteiger partial charge >= 0.3 is 0 Å². The van der Waals surface area contributed by atoms with Crippen molar-refractivity contribution in [1.29, 1.82) is 0 Å². The third-order valence-corrected chi connectivity index (χ3v) is 3.07. The molecule has 20 heavy (non-hydrogen) atoms. The van der Waals surface area contributed by atoms with Crippen molar-refractivity contribution in [2.45, 2.75) is 13.3 Å². The summed E-state index contributed by atoms with van der Waals surface area (Å²) in [6.07, 6.45) is 0.803. The zero-order valence-corrected chi connectivity index (χ0v) is 12.2. The summed E-state index contributed by atoms with van der Waals surface area (Å²) in [6.45, 7) is 2.56. The van der Waals surface area contributed by atoms with Gasteiger partial charge in [0.25, 0.3) is 5.91 Å². The van der Waals surface area contributed by atoms with Crippen LogP contribution in [-0.4, -0.2) is 12.5 Å². The zero-order valence-electron chi connectivity index (χ0n) is 11.4. The van der Waals surface area contributed by atoms with Crippen LogP contribution in [0, 0.1) is 6.92 Å². The second kappa shape index (κ2) is 7.56. The van der Waals surface area contributed by atoms with Crippen LogP contribution in [0.2, 0.25) is 0 Å². The van der Waals surface area contributed by atoms with E-state index in [9.17, 15) is 4.79 Å². The van der Waals surface area contributed by atoms with Gasteiger partial charge in [0.15, 0.2) is 0 Å². The number of amides is 1. The van der Waals surface area contributed by atoms with Crippen molar-refractivity contribution in [1.82, 2.24) is 5.32 Å². The summed E-state index contributed by atoms with van der Waals surface area (Å²) in [4.78, 5) is 12.0. The Kier molecular flexibility index (Phi) is 6.07. The number of anilines is 1. The first kappa shape index (κ1) is 16.1. The minimum absolute atomic E-state index is 0. The number of hydrogen-bond acceptors (Lipinski definition) is 2. The number of halogens is 1. The monoisotopic (exact) mass is 290 g/mol. The predicted molar refractivity (Wildman–Crippen MR) is 85.3 cm³/mol. The molecule has 0 heterocycles. The predicted octanol–water partition coefficient (Wildman–Crippen LogP) is 2.97. The van der Waals surface area contributed by atoms with Gasteiger partial charge in [0.1, 0.15) is 0 Å². The molecular formula is C16H19ClN2O. The highest BCUT2D eigenvalue weighted by Gasteiger charge is 2.06. The smallest absolute Gasteiger partial charge is 0.251 e. The van der Waals surface area contributed by atoms with Crippen LogP contribution in [0.5, 0.6) is 0 Å². The third-order valence-electron chi connectivity index (χ3n) is 3.07.